The molecule has 0 aromatic heterocycles. The number of halogens is 2. The Hall–Kier alpha value is -5.38. The van der Waals surface area contributed by atoms with Gasteiger partial charge in [0.25, 0.3) is 11.8 Å². The topological polar surface area (TPSA) is 88.2 Å². The lowest BCUT2D eigenvalue weighted by molar-refractivity contribution is -0.122. The zero-order chi connectivity index (χ0) is 37.3. The zero-order valence-corrected chi connectivity index (χ0v) is 31.9. The van der Waals surface area contributed by atoms with Crippen LogP contribution in [0.2, 0.25) is 5.02 Å². The highest BCUT2D eigenvalue weighted by atomic mass is 79.9. The number of imide groups is 2. The fourth-order valence-corrected chi connectivity index (χ4v) is 8.38. The lowest BCUT2D eigenvalue weighted by Crippen LogP contribution is -2.54. The highest BCUT2D eigenvalue weighted by Gasteiger charge is 2.40. The summed E-state index contributed by atoms with van der Waals surface area (Å²) >= 11 is 10.2. The van der Waals surface area contributed by atoms with E-state index in [0.717, 1.165) is 57.7 Å². The van der Waals surface area contributed by atoms with Crippen molar-refractivity contribution in [1.82, 2.24) is 5.32 Å². The van der Waals surface area contributed by atoms with Gasteiger partial charge < -0.3 is 14.4 Å². The molecule has 8 rings (SSSR count). The molecular weight excluding hydrogens is 766 g/mol. The minimum atomic E-state index is -0.796. The summed E-state index contributed by atoms with van der Waals surface area (Å²) in [7, 11) is 0. The molecule has 4 amide bonds. The molecule has 3 aliphatic heterocycles. The number of hydrogen-bond acceptors (Lipinski definition) is 6. The van der Waals surface area contributed by atoms with E-state index >= 15 is 0 Å². The lowest BCUT2D eigenvalue weighted by Gasteiger charge is -2.44. The molecule has 54 heavy (non-hydrogen) atoms. The van der Waals surface area contributed by atoms with E-state index in [4.69, 9.17) is 21.1 Å². The maximum absolute atomic E-state index is 14.4. The number of barbiturate groups is 1. The van der Waals surface area contributed by atoms with E-state index in [1.54, 1.807) is 12.1 Å². The Labute approximate surface area is 327 Å². The van der Waals surface area contributed by atoms with Crippen LogP contribution in [0.15, 0.2) is 119 Å². The first-order valence-corrected chi connectivity index (χ1v) is 19.2. The Morgan fingerprint density at radius 1 is 0.815 bits per heavy atom. The van der Waals surface area contributed by atoms with Gasteiger partial charge in [-0.05, 0) is 95.6 Å². The van der Waals surface area contributed by atoms with Crippen LogP contribution in [0.5, 0.6) is 11.5 Å². The molecular formula is C44H37BrClN3O5. The van der Waals surface area contributed by atoms with Crippen molar-refractivity contribution in [3.8, 4) is 11.5 Å². The SMILES string of the molecule is CCOc1cc(/C=C2\C(=O)NC(=O)N(c3cc4c5c(c3)[C@H](c3ccccc3)CCN5CC[C@H]4c3ccccc3)C2=O)cc(Cl)c1OCc1ccc(Br)cc1. The maximum atomic E-state index is 14.4. The quantitative estimate of drug-likeness (QED) is 0.118. The summed E-state index contributed by atoms with van der Waals surface area (Å²) in [5.74, 6) is -0.680. The minimum absolute atomic E-state index is 0.0638. The van der Waals surface area contributed by atoms with Crippen LogP contribution in [-0.4, -0.2) is 37.5 Å². The Morgan fingerprint density at radius 3 is 2.02 bits per heavy atom. The molecule has 0 unspecified atom stereocenters. The number of benzene rings is 5. The fraction of sp³-hybridized carbons (Fsp3) is 0.205. The van der Waals surface area contributed by atoms with E-state index in [0.29, 0.717) is 29.4 Å². The van der Waals surface area contributed by atoms with Crippen molar-refractivity contribution in [3.05, 3.63) is 158 Å². The number of carbonyl (C=O) groups excluding carboxylic acids is 3. The third-order valence-electron chi connectivity index (χ3n) is 10.3. The van der Waals surface area contributed by atoms with Crippen LogP contribution in [0, 0.1) is 0 Å². The van der Waals surface area contributed by atoms with Crippen LogP contribution >= 0.6 is 27.5 Å². The Kier molecular flexibility index (Phi) is 10.0. The van der Waals surface area contributed by atoms with Gasteiger partial charge in [0.1, 0.15) is 12.2 Å². The number of hydrogen-bond donors (Lipinski definition) is 1. The molecule has 1 N–H and O–H groups in total. The van der Waals surface area contributed by atoms with E-state index < -0.39 is 17.8 Å². The lowest BCUT2D eigenvalue weighted by atomic mass is 9.76. The number of rotatable bonds is 9. The van der Waals surface area contributed by atoms with E-state index in [2.05, 4.69) is 50.4 Å². The summed E-state index contributed by atoms with van der Waals surface area (Å²) in [4.78, 5) is 45.0. The van der Waals surface area contributed by atoms with Gasteiger partial charge in [-0.1, -0.05) is 100 Å². The molecule has 0 saturated carbocycles. The van der Waals surface area contributed by atoms with Crippen molar-refractivity contribution < 1.29 is 23.9 Å². The summed E-state index contributed by atoms with van der Waals surface area (Å²) in [6.45, 7) is 4.24. The number of nitrogens with one attached hydrogen (secondary N) is 1. The van der Waals surface area contributed by atoms with Gasteiger partial charge in [0.2, 0.25) is 0 Å². The van der Waals surface area contributed by atoms with Gasteiger partial charge in [-0.2, -0.15) is 0 Å². The Balaban J connectivity index is 1.19. The van der Waals surface area contributed by atoms with Crippen molar-refractivity contribution in [2.24, 2.45) is 0 Å². The Bertz CT molecular complexity index is 2210. The first-order valence-electron chi connectivity index (χ1n) is 18.1. The summed E-state index contributed by atoms with van der Waals surface area (Å²) in [6.07, 6.45) is 3.23. The van der Waals surface area contributed by atoms with E-state index in [1.807, 2.05) is 79.7 Å². The summed E-state index contributed by atoms with van der Waals surface area (Å²) in [5, 5.41) is 2.67. The minimum Gasteiger partial charge on any atom is -0.490 e. The van der Waals surface area contributed by atoms with Gasteiger partial charge in [-0.15, -0.1) is 0 Å². The number of urea groups is 1. The third-order valence-corrected chi connectivity index (χ3v) is 11.1. The van der Waals surface area contributed by atoms with Crippen molar-refractivity contribution in [2.45, 2.75) is 38.2 Å². The number of amides is 4. The van der Waals surface area contributed by atoms with Gasteiger partial charge in [-0.25, -0.2) is 9.69 Å². The second-order valence-electron chi connectivity index (χ2n) is 13.6. The molecule has 5 aromatic rings. The first-order chi connectivity index (χ1) is 26.3. The van der Waals surface area contributed by atoms with Crippen molar-refractivity contribution in [2.75, 3.05) is 29.5 Å². The largest absolute Gasteiger partial charge is 0.490 e. The normalized spacial score (nSPS) is 18.7. The average molecular weight is 803 g/mol. The molecule has 0 bridgehead atoms. The van der Waals surface area contributed by atoms with Crippen LogP contribution in [0.4, 0.5) is 16.2 Å². The van der Waals surface area contributed by atoms with Crippen molar-refractivity contribution in [3.63, 3.8) is 0 Å². The zero-order valence-electron chi connectivity index (χ0n) is 29.6. The average Bonchev–Trinajstić information content (AvgIpc) is 3.18. The van der Waals surface area contributed by atoms with Crippen LogP contribution in [0.3, 0.4) is 0 Å². The monoisotopic (exact) mass is 801 g/mol. The van der Waals surface area contributed by atoms with Crippen molar-refractivity contribution in [1.29, 1.82) is 0 Å². The third kappa shape index (κ3) is 6.90. The number of nitrogens with zero attached hydrogens (tertiary/aromatic N) is 2. The van der Waals surface area contributed by atoms with E-state index in [9.17, 15) is 14.4 Å². The van der Waals surface area contributed by atoms with Gasteiger partial charge >= 0.3 is 6.03 Å². The second kappa shape index (κ2) is 15.2. The molecule has 272 valence electrons. The molecule has 3 aliphatic rings. The standard InChI is InChI=1S/C44H37BrClN3O5/c1-2-53-39-23-28(22-38(46)41(39)54-26-27-13-15-31(45)16-14-27)21-37-42(50)47-44(52)49(43(37)51)32-24-35-33(29-9-5-3-6-10-29)17-19-48-20-18-34(36(25-32)40(35)48)30-11-7-4-8-12-30/h3-16,21-25,33-34H,2,17-20,26H2,1H3,(H,47,50,52)/b37-21+/t33-,34-/m0/s1. The Morgan fingerprint density at radius 2 is 1.43 bits per heavy atom. The molecule has 1 fully saturated rings. The summed E-state index contributed by atoms with van der Waals surface area (Å²) < 4.78 is 12.9. The van der Waals surface area contributed by atoms with Gasteiger partial charge in [0, 0.05) is 35.1 Å². The second-order valence-corrected chi connectivity index (χ2v) is 14.9. The number of ether oxygens (including phenoxy) is 2. The molecule has 3 heterocycles. The predicted molar refractivity (Wildman–Crippen MR) is 215 cm³/mol. The van der Waals surface area contributed by atoms with Crippen LogP contribution in [-0.2, 0) is 16.2 Å². The predicted octanol–water partition coefficient (Wildman–Crippen LogP) is 9.62. The smallest absolute Gasteiger partial charge is 0.335 e. The first kappa shape index (κ1) is 35.6. The molecule has 10 heteroatoms. The highest BCUT2D eigenvalue weighted by molar-refractivity contribution is 9.10. The molecule has 0 radical (unpaired) electrons. The van der Waals surface area contributed by atoms with Gasteiger partial charge in [0.05, 0.1) is 17.3 Å². The molecule has 0 aliphatic carbocycles. The van der Waals surface area contributed by atoms with Crippen LogP contribution in [0.1, 0.15) is 65.0 Å². The molecule has 2 atom stereocenters. The highest BCUT2D eigenvalue weighted by Crippen LogP contribution is 2.50. The van der Waals surface area contributed by atoms with Gasteiger partial charge in [-0.3, -0.25) is 14.9 Å². The number of anilines is 2. The molecule has 8 nitrogen and oxygen atoms in total. The summed E-state index contributed by atoms with van der Waals surface area (Å²) in [6, 6.07) is 34.9. The van der Waals surface area contributed by atoms with Crippen molar-refractivity contribution >= 4 is 62.8 Å². The fourth-order valence-electron chi connectivity index (χ4n) is 7.84. The molecule has 5 aromatic carbocycles. The van der Waals surface area contributed by atoms with Crippen LogP contribution < -0.4 is 24.6 Å². The molecule has 1 saturated heterocycles. The van der Waals surface area contributed by atoms with E-state index in [1.165, 1.54) is 17.2 Å². The van der Waals surface area contributed by atoms with Gasteiger partial charge in [0.15, 0.2) is 11.5 Å². The van der Waals surface area contributed by atoms with Crippen LogP contribution in [0.25, 0.3) is 6.08 Å². The number of carbonyl (C=O) groups is 3. The molecule has 0 spiro atoms. The maximum Gasteiger partial charge on any atom is 0.335 e. The summed E-state index contributed by atoms with van der Waals surface area (Å²) in [5.41, 5.74) is 7.23. The van der Waals surface area contributed by atoms with E-state index in [-0.39, 0.29) is 29.0 Å².